The van der Waals surface area contributed by atoms with Crippen molar-refractivity contribution in [2.45, 2.75) is 50.3 Å². The maximum Gasteiger partial charge on any atom is 0.417 e. The number of carbonyl (C=O) groups is 2. The average Bonchev–Trinajstić information content (AvgIpc) is 3.24. The zero-order valence-corrected chi connectivity index (χ0v) is 18.6. The zero-order chi connectivity index (χ0) is 24.1. The van der Waals surface area contributed by atoms with Gasteiger partial charge in [0.15, 0.2) is 0 Å². The lowest BCUT2D eigenvalue weighted by Crippen LogP contribution is -2.44. The van der Waals surface area contributed by atoms with Crippen LogP contribution in [0, 0.1) is 5.41 Å². The van der Waals surface area contributed by atoms with Crippen molar-refractivity contribution in [3.05, 3.63) is 59.2 Å². The van der Waals surface area contributed by atoms with Crippen LogP contribution in [-0.2, 0) is 15.7 Å². The number of alkyl halides is 3. The molecule has 1 saturated carbocycles. The monoisotopic (exact) mass is 473 g/mol. The smallest absolute Gasteiger partial charge is 0.417 e. The topological polar surface area (TPSA) is 66.8 Å². The van der Waals surface area contributed by atoms with Crippen molar-refractivity contribution in [1.82, 2.24) is 4.90 Å². The lowest BCUT2D eigenvalue weighted by Gasteiger charge is -2.34. The summed E-state index contributed by atoms with van der Waals surface area (Å²) in [6.07, 6.45) is -0.319. The number of likely N-dealkylation sites (tertiary alicyclic amines) is 1. The SMILES string of the molecule is O=C(O)c1ccc(C(F)(F)F)c(-c2ccc([C@@H]3CC34CCN(C(=O)C3CCCO3)CC4)cc2)c1. The Morgan fingerprint density at radius 1 is 1.06 bits per heavy atom. The standard InChI is InChI=1S/C26H26F3NO4/c27-26(28,29)20-8-7-18(24(32)33)14-19(20)16-3-5-17(6-4-16)21-15-25(21)9-11-30(12-10-25)23(31)22-2-1-13-34-22/h3-8,14,21-22H,1-2,9-13,15H2,(H,32,33)/t21-,22?/m0/s1. The van der Waals surface area contributed by atoms with Gasteiger partial charge in [-0.2, -0.15) is 13.2 Å². The number of hydrogen-bond donors (Lipinski definition) is 1. The Morgan fingerprint density at radius 3 is 2.35 bits per heavy atom. The van der Waals surface area contributed by atoms with E-state index in [-0.39, 0.29) is 28.6 Å². The van der Waals surface area contributed by atoms with Gasteiger partial charge in [0.2, 0.25) is 0 Å². The normalized spacial score (nSPS) is 23.8. The first kappa shape index (κ1) is 22.9. The molecule has 1 unspecified atom stereocenters. The molecule has 1 spiro atoms. The maximum atomic E-state index is 13.5. The minimum Gasteiger partial charge on any atom is -0.478 e. The maximum absolute atomic E-state index is 13.5. The summed E-state index contributed by atoms with van der Waals surface area (Å²) in [7, 11) is 0. The predicted molar refractivity (Wildman–Crippen MR) is 118 cm³/mol. The summed E-state index contributed by atoms with van der Waals surface area (Å²) in [6, 6.07) is 9.89. The molecule has 3 fully saturated rings. The van der Waals surface area contributed by atoms with Gasteiger partial charge in [0.25, 0.3) is 5.91 Å². The van der Waals surface area contributed by atoms with E-state index in [0.29, 0.717) is 31.2 Å². The molecule has 1 N–H and O–H groups in total. The summed E-state index contributed by atoms with van der Waals surface area (Å²) in [5, 5.41) is 9.22. The van der Waals surface area contributed by atoms with E-state index in [1.54, 1.807) is 12.1 Å². The van der Waals surface area contributed by atoms with Gasteiger partial charge in [-0.3, -0.25) is 4.79 Å². The number of amides is 1. The van der Waals surface area contributed by atoms with Crippen molar-refractivity contribution >= 4 is 11.9 Å². The van der Waals surface area contributed by atoms with Gasteiger partial charge < -0.3 is 14.7 Å². The molecule has 1 aliphatic carbocycles. The van der Waals surface area contributed by atoms with Gasteiger partial charge in [-0.1, -0.05) is 24.3 Å². The number of piperidine rings is 1. The molecule has 2 atom stereocenters. The number of aromatic carboxylic acids is 1. The number of halogens is 3. The van der Waals surface area contributed by atoms with E-state index in [4.69, 9.17) is 4.74 Å². The van der Waals surface area contributed by atoms with Gasteiger partial charge in [0.1, 0.15) is 6.10 Å². The number of benzene rings is 2. The van der Waals surface area contributed by atoms with Crippen LogP contribution in [0.4, 0.5) is 13.2 Å². The molecule has 2 aliphatic heterocycles. The zero-order valence-electron chi connectivity index (χ0n) is 18.6. The average molecular weight is 473 g/mol. The lowest BCUT2D eigenvalue weighted by atomic mass is 9.88. The first-order valence-electron chi connectivity index (χ1n) is 11.6. The Balaban J connectivity index is 1.29. The summed E-state index contributed by atoms with van der Waals surface area (Å²) in [4.78, 5) is 25.8. The Bertz CT molecular complexity index is 1100. The number of nitrogens with zero attached hydrogens (tertiary/aromatic N) is 1. The van der Waals surface area contributed by atoms with Crippen LogP contribution in [-0.4, -0.2) is 47.7 Å². The molecule has 2 aromatic carbocycles. The van der Waals surface area contributed by atoms with E-state index in [0.717, 1.165) is 55.9 Å². The van der Waals surface area contributed by atoms with Crippen molar-refractivity contribution in [3.63, 3.8) is 0 Å². The number of rotatable bonds is 4. The number of carbonyl (C=O) groups excluding carboxylic acids is 1. The molecule has 0 aromatic heterocycles. The molecule has 34 heavy (non-hydrogen) atoms. The highest BCUT2D eigenvalue weighted by atomic mass is 19.4. The van der Waals surface area contributed by atoms with Crippen LogP contribution in [0.1, 0.15) is 59.5 Å². The molecule has 5 nitrogen and oxygen atoms in total. The van der Waals surface area contributed by atoms with E-state index in [9.17, 15) is 27.9 Å². The highest BCUT2D eigenvalue weighted by Gasteiger charge is 2.55. The third-order valence-corrected chi connectivity index (χ3v) is 7.66. The van der Waals surface area contributed by atoms with Gasteiger partial charge in [0, 0.05) is 19.7 Å². The molecule has 0 bridgehead atoms. The molecule has 8 heteroatoms. The number of carboxylic acid groups (broad SMARTS) is 1. The molecule has 1 amide bonds. The fourth-order valence-electron chi connectivity index (χ4n) is 5.58. The molecule has 180 valence electrons. The summed E-state index contributed by atoms with van der Waals surface area (Å²) < 4.78 is 46.1. The summed E-state index contributed by atoms with van der Waals surface area (Å²) in [5.74, 6) is -0.845. The van der Waals surface area contributed by atoms with Gasteiger partial charge in [0.05, 0.1) is 11.1 Å². The molecule has 2 aromatic rings. The third kappa shape index (κ3) is 4.19. The van der Waals surface area contributed by atoms with E-state index in [1.807, 2.05) is 17.0 Å². The van der Waals surface area contributed by atoms with Crippen molar-refractivity contribution in [3.8, 4) is 11.1 Å². The van der Waals surface area contributed by atoms with E-state index < -0.39 is 17.7 Å². The number of hydrogen-bond acceptors (Lipinski definition) is 3. The van der Waals surface area contributed by atoms with Crippen molar-refractivity contribution in [2.24, 2.45) is 5.41 Å². The van der Waals surface area contributed by atoms with Crippen LogP contribution in [0.3, 0.4) is 0 Å². The van der Waals surface area contributed by atoms with Crippen molar-refractivity contribution < 1.29 is 32.6 Å². The van der Waals surface area contributed by atoms with E-state index in [1.165, 1.54) is 0 Å². The van der Waals surface area contributed by atoms with Crippen LogP contribution in [0.5, 0.6) is 0 Å². The first-order chi connectivity index (χ1) is 16.2. The van der Waals surface area contributed by atoms with Gasteiger partial charge in [-0.15, -0.1) is 0 Å². The highest BCUT2D eigenvalue weighted by molar-refractivity contribution is 5.90. The largest absolute Gasteiger partial charge is 0.478 e. The molecule has 2 heterocycles. The predicted octanol–water partition coefficient (Wildman–Crippen LogP) is 5.35. The summed E-state index contributed by atoms with van der Waals surface area (Å²) in [6.45, 7) is 2.08. The van der Waals surface area contributed by atoms with Gasteiger partial charge >= 0.3 is 12.1 Å². The second-order valence-corrected chi connectivity index (χ2v) is 9.63. The minimum absolute atomic E-state index is 0.0953. The lowest BCUT2D eigenvalue weighted by molar-refractivity contribution is -0.142. The summed E-state index contributed by atoms with van der Waals surface area (Å²) >= 11 is 0. The van der Waals surface area contributed by atoms with Gasteiger partial charge in [-0.25, -0.2) is 4.79 Å². The Hall–Kier alpha value is -2.87. The van der Waals surface area contributed by atoms with Crippen molar-refractivity contribution in [2.75, 3.05) is 19.7 Å². The molecule has 5 rings (SSSR count). The minimum atomic E-state index is -4.58. The second kappa shape index (κ2) is 8.41. The van der Waals surface area contributed by atoms with Crippen LogP contribution in [0.25, 0.3) is 11.1 Å². The molecular weight excluding hydrogens is 447 g/mol. The number of ether oxygens (including phenoxy) is 1. The Labute approximate surface area is 195 Å². The van der Waals surface area contributed by atoms with Crippen LogP contribution in [0.15, 0.2) is 42.5 Å². The quantitative estimate of drug-likeness (QED) is 0.651. The Kier molecular flexibility index (Phi) is 5.67. The number of carboxylic acids is 1. The summed E-state index contributed by atoms with van der Waals surface area (Å²) in [5.41, 5.74) is 0.394. The Morgan fingerprint density at radius 2 is 1.76 bits per heavy atom. The molecule has 3 aliphatic rings. The highest BCUT2D eigenvalue weighted by Crippen LogP contribution is 2.65. The van der Waals surface area contributed by atoms with E-state index >= 15 is 0 Å². The second-order valence-electron chi connectivity index (χ2n) is 9.63. The van der Waals surface area contributed by atoms with Crippen LogP contribution in [0.2, 0.25) is 0 Å². The van der Waals surface area contributed by atoms with Crippen LogP contribution >= 0.6 is 0 Å². The van der Waals surface area contributed by atoms with Crippen LogP contribution < -0.4 is 0 Å². The van der Waals surface area contributed by atoms with Gasteiger partial charge in [-0.05, 0) is 78.3 Å². The molecule has 0 radical (unpaired) electrons. The van der Waals surface area contributed by atoms with E-state index in [2.05, 4.69) is 0 Å². The van der Waals surface area contributed by atoms with Crippen molar-refractivity contribution in [1.29, 1.82) is 0 Å². The fourth-order valence-corrected chi connectivity index (χ4v) is 5.58. The first-order valence-corrected chi connectivity index (χ1v) is 11.6. The fraction of sp³-hybridized carbons (Fsp3) is 0.462. The molecule has 2 saturated heterocycles. The molecular formula is C26H26F3NO4. The third-order valence-electron chi connectivity index (χ3n) is 7.66.